The van der Waals surface area contributed by atoms with Crippen molar-refractivity contribution in [2.45, 2.75) is 13.1 Å². The summed E-state index contributed by atoms with van der Waals surface area (Å²) in [4.78, 5) is 23.2. The largest absolute Gasteiger partial charge is 0.493 e. The number of benzene rings is 1. The highest BCUT2D eigenvalue weighted by atomic mass is 35.5. The normalized spacial score (nSPS) is 11.1. The molecule has 0 unspecified atom stereocenters. The third-order valence-corrected chi connectivity index (χ3v) is 5.24. The Morgan fingerprint density at radius 3 is 2.63 bits per heavy atom. The topological polar surface area (TPSA) is 67.5 Å². The second kappa shape index (κ2) is 8.56. The second-order valence-corrected chi connectivity index (χ2v) is 7.70. The minimum atomic E-state index is -0.214. The average molecular weight is 406 g/mol. The monoisotopic (exact) mass is 405 g/mol. The number of methoxy groups -OCH3 is 2. The zero-order chi connectivity index (χ0) is 19.4. The Bertz CT molecular complexity index is 1020. The maximum absolute atomic E-state index is 12.5. The van der Waals surface area contributed by atoms with E-state index in [1.54, 1.807) is 19.2 Å². The zero-order valence-corrected chi connectivity index (χ0v) is 16.7. The van der Waals surface area contributed by atoms with Gasteiger partial charge in [-0.25, -0.2) is 4.98 Å². The number of fused-ring (bicyclic) bond motifs is 1. The molecule has 1 N–H and O–H groups in total. The summed E-state index contributed by atoms with van der Waals surface area (Å²) in [5.41, 5.74) is 0.345. The Hall–Kier alpha value is -2.35. The van der Waals surface area contributed by atoms with Crippen molar-refractivity contribution in [2.75, 3.05) is 20.8 Å². The Morgan fingerprint density at radius 2 is 2.00 bits per heavy atom. The zero-order valence-electron chi connectivity index (χ0n) is 15.1. The standard InChI is InChI=1S/C19H20ClN3O3S/c1-4-7-23(10-12-5-6-17(20)27-12)11-18-21-14-9-16(26-3)15(25-2)8-13(14)19(24)22-18/h4-6,8-9H,1,7,10-11H2,2-3H3,(H,21,22,24). The van der Waals surface area contributed by atoms with Crippen molar-refractivity contribution in [1.82, 2.24) is 14.9 Å². The van der Waals surface area contributed by atoms with E-state index in [-0.39, 0.29) is 5.56 Å². The molecule has 2 heterocycles. The molecule has 3 aromatic rings. The van der Waals surface area contributed by atoms with E-state index in [0.717, 1.165) is 9.21 Å². The smallest absolute Gasteiger partial charge is 0.258 e. The summed E-state index contributed by atoms with van der Waals surface area (Å²) >= 11 is 7.55. The van der Waals surface area contributed by atoms with E-state index in [4.69, 9.17) is 21.1 Å². The Kier molecular flexibility index (Phi) is 6.15. The Morgan fingerprint density at radius 1 is 1.26 bits per heavy atom. The lowest BCUT2D eigenvalue weighted by molar-refractivity contribution is 0.281. The summed E-state index contributed by atoms with van der Waals surface area (Å²) in [6.07, 6.45) is 1.82. The third kappa shape index (κ3) is 4.50. The molecule has 0 aliphatic heterocycles. The first-order chi connectivity index (χ1) is 13.0. The van der Waals surface area contributed by atoms with Gasteiger partial charge in [0.2, 0.25) is 0 Å². The van der Waals surface area contributed by atoms with Gasteiger partial charge >= 0.3 is 0 Å². The summed E-state index contributed by atoms with van der Waals surface area (Å²) in [6.45, 7) is 5.63. The molecule has 0 aliphatic rings. The highest BCUT2D eigenvalue weighted by Crippen LogP contribution is 2.30. The summed E-state index contributed by atoms with van der Waals surface area (Å²) in [5.74, 6) is 1.60. The van der Waals surface area contributed by atoms with Gasteiger partial charge in [0.05, 0.1) is 36.0 Å². The van der Waals surface area contributed by atoms with E-state index in [9.17, 15) is 4.79 Å². The third-order valence-electron chi connectivity index (χ3n) is 4.03. The molecule has 0 amide bonds. The number of nitrogens with one attached hydrogen (secondary N) is 1. The van der Waals surface area contributed by atoms with Crippen molar-refractivity contribution >= 4 is 33.8 Å². The molecular formula is C19H20ClN3O3S. The van der Waals surface area contributed by atoms with Gasteiger partial charge in [-0.1, -0.05) is 17.7 Å². The Labute approximate surface area is 166 Å². The second-order valence-electron chi connectivity index (χ2n) is 5.90. The maximum atomic E-state index is 12.5. The van der Waals surface area contributed by atoms with Gasteiger partial charge in [0.1, 0.15) is 5.82 Å². The van der Waals surface area contributed by atoms with Crippen LogP contribution in [0.15, 0.2) is 41.7 Å². The molecule has 1 aromatic carbocycles. The molecule has 0 atom stereocenters. The van der Waals surface area contributed by atoms with Crippen LogP contribution in [-0.2, 0) is 13.1 Å². The molecular weight excluding hydrogens is 386 g/mol. The van der Waals surface area contributed by atoms with Crippen LogP contribution in [0, 0.1) is 0 Å². The Balaban J connectivity index is 1.92. The van der Waals surface area contributed by atoms with Gasteiger partial charge in [-0.2, -0.15) is 0 Å². The number of ether oxygens (including phenoxy) is 2. The number of nitrogens with zero attached hydrogens (tertiary/aromatic N) is 2. The minimum Gasteiger partial charge on any atom is -0.493 e. The van der Waals surface area contributed by atoms with E-state index in [2.05, 4.69) is 21.4 Å². The number of hydrogen-bond donors (Lipinski definition) is 1. The lowest BCUT2D eigenvalue weighted by Gasteiger charge is -2.19. The number of rotatable bonds is 8. The van der Waals surface area contributed by atoms with E-state index < -0.39 is 0 Å². The van der Waals surface area contributed by atoms with Crippen LogP contribution in [-0.4, -0.2) is 35.6 Å². The first-order valence-corrected chi connectivity index (χ1v) is 9.46. The fraction of sp³-hybridized carbons (Fsp3) is 0.263. The molecule has 0 bridgehead atoms. The molecule has 27 heavy (non-hydrogen) atoms. The van der Waals surface area contributed by atoms with E-state index >= 15 is 0 Å². The predicted molar refractivity (Wildman–Crippen MR) is 109 cm³/mol. The fourth-order valence-electron chi connectivity index (χ4n) is 2.83. The van der Waals surface area contributed by atoms with Gasteiger partial charge in [-0.05, 0) is 18.2 Å². The van der Waals surface area contributed by atoms with Crippen LogP contribution in [0.2, 0.25) is 4.34 Å². The molecule has 0 saturated carbocycles. The molecule has 3 rings (SSSR count). The molecule has 0 aliphatic carbocycles. The van der Waals surface area contributed by atoms with Crippen molar-refractivity contribution in [3.8, 4) is 11.5 Å². The minimum absolute atomic E-state index is 0.214. The van der Waals surface area contributed by atoms with Crippen molar-refractivity contribution < 1.29 is 9.47 Å². The van der Waals surface area contributed by atoms with E-state index in [1.165, 1.54) is 18.4 Å². The number of aromatic amines is 1. The number of halogens is 1. The van der Waals surface area contributed by atoms with Crippen LogP contribution in [0.25, 0.3) is 10.9 Å². The first-order valence-electron chi connectivity index (χ1n) is 8.26. The summed E-state index contributed by atoms with van der Waals surface area (Å²) in [6, 6.07) is 7.23. The SMILES string of the molecule is C=CCN(Cc1nc2cc(OC)c(OC)cc2c(=O)[nH]1)Cc1ccc(Cl)s1. The summed E-state index contributed by atoms with van der Waals surface area (Å²) in [7, 11) is 3.08. The quantitative estimate of drug-likeness (QED) is 0.576. The maximum Gasteiger partial charge on any atom is 0.258 e. The van der Waals surface area contributed by atoms with Gasteiger partial charge in [-0.15, -0.1) is 17.9 Å². The molecule has 0 radical (unpaired) electrons. The van der Waals surface area contributed by atoms with Crippen molar-refractivity contribution in [1.29, 1.82) is 0 Å². The molecule has 6 nitrogen and oxygen atoms in total. The molecule has 142 valence electrons. The molecule has 0 fully saturated rings. The van der Waals surface area contributed by atoms with Crippen LogP contribution in [0.4, 0.5) is 0 Å². The summed E-state index contributed by atoms with van der Waals surface area (Å²) in [5, 5.41) is 0.455. The van der Waals surface area contributed by atoms with Crippen LogP contribution < -0.4 is 15.0 Å². The van der Waals surface area contributed by atoms with E-state index in [0.29, 0.717) is 47.9 Å². The van der Waals surface area contributed by atoms with Gasteiger partial charge in [0.25, 0.3) is 5.56 Å². The van der Waals surface area contributed by atoms with Gasteiger partial charge in [-0.3, -0.25) is 9.69 Å². The first kappa shape index (κ1) is 19.4. The highest BCUT2D eigenvalue weighted by Gasteiger charge is 2.13. The lowest BCUT2D eigenvalue weighted by atomic mass is 10.2. The highest BCUT2D eigenvalue weighted by molar-refractivity contribution is 7.16. The van der Waals surface area contributed by atoms with Crippen molar-refractivity contribution in [2.24, 2.45) is 0 Å². The molecule has 2 aromatic heterocycles. The van der Waals surface area contributed by atoms with Crippen LogP contribution in [0.3, 0.4) is 0 Å². The molecule has 0 saturated heterocycles. The van der Waals surface area contributed by atoms with Crippen molar-refractivity contribution in [3.05, 3.63) is 62.3 Å². The van der Waals surface area contributed by atoms with Gasteiger partial charge in [0.15, 0.2) is 11.5 Å². The summed E-state index contributed by atoms with van der Waals surface area (Å²) < 4.78 is 11.3. The lowest BCUT2D eigenvalue weighted by Crippen LogP contribution is -2.25. The fourth-order valence-corrected chi connectivity index (χ4v) is 3.96. The molecule has 0 spiro atoms. The molecule has 8 heteroatoms. The number of aromatic nitrogens is 2. The predicted octanol–water partition coefficient (Wildman–Crippen LogP) is 3.84. The van der Waals surface area contributed by atoms with Gasteiger partial charge < -0.3 is 14.5 Å². The average Bonchev–Trinajstić information content (AvgIpc) is 3.05. The van der Waals surface area contributed by atoms with Crippen LogP contribution in [0.1, 0.15) is 10.7 Å². The van der Waals surface area contributed by atoms with E-state index in [1.807, 2.05) is 18.2 Å². The number of thiophene rings is 1. The van der Waals surface area contributed by atoms with Crippen LogP contribution in [0.5, 0.6) is 11.5 Å². The van der Waals surface area contributed by atoms with Gasteiger partial charge in [0, 0.05) is 24.0 Å². The number of hydrogen-bond acceptors (Lipinski definition) is 6. The van der Waals surface area contributed by atoms with Crippen LogP contribution >= 0.6 is 22.9 Å². The number of H-pyrrole nitrogens is 1. The van der Waals surface area contributed by atoms with Crippen molar-refractivity contribution in [3.63, 3.8) is 0 Å².